The molecule has 1 N–H and O–H groups in total. The zero-order valence-electron chi connectivity index (χ0n) is 10.9. The lowest BCUT2D eigenvalue weighted by molar-refractivity contribution is 0.602. The lowest BCUT2D eigenvalue weighted by Gasteiger charge is -2.07. The van der Waals surface area contributed by atoms with Crippen LogP contribution in [0.3, 0.4) is 0 Å². The molecule has 2 rings (SSSR count). The van der Waals surface area contributed by atoms with Gasteiger partial charge in [0.25, 0.3) is 0 Å². The first-order valence-corrected chi connectivity index (χ1v) is 7.80. The number of nitrogens with zero attached hydrogens (tertiary/aromatic N) is 1. The van der Waals surface area contributed by atoms with E-state index in [9.17, 15) is 8.42 Å². The van der Waals surface area contributed by atoms with E-state index in [4.69, 9.17) is 0 Å². The number of aromatic nitrogens is 1. The third-order valence-corrected chi connectivity index (χ3v) is 3.82. The Kier molecular flexibility index (Phi) is 3.85. The Bertz CT molecular complexity index is 664. The molecule has 1 aromatic heterocycles. The second kappa shape index (κ2) is 5.40. The second-order valence-corrected chi connectivity index (χ2v) is 6.50. The zero-order valence-corrected chi connectivity index (χ0v) is 11.7. The molecule has 5 heteroatoms. The van der Waals surface area contributed by atoms with Gasteiger partial charge >= 0.3 is 0 Å². The first kappa shape index (κ1) is 13.5. The summed E-state index contributed by atoms with van der Waals surface area (Å²) in [5.41, 5.74) is 2.79. The van der Waals surface area contributed by atoms with E-state index in [2.05, 4.69) is 10.3 Å². The van der Waals surface area contributed by atoms with E-state index >= 15 is 0 Å². The smallest absolute Gasteiger partial charge is 0.175 e. The van der Waals surface area contributed by atoms with Gasteiger partial charge in [0.15, 0.2) is 9.84 Å². The van der Waals surface area contributed by atoms with E-state index in [0.29, 0.717) is 11.4 Å². The Morgan fingerprint density at radius 3 is 2.63 bits per heavy atom. The Labute approximate surface area is 113 Å². The fourth-order valence-corrected chi connectivity index (χ4v) is 2.30. The number of sulfone groups is 1. The number of nitrogens with one attached hydrogen (secondary N) is 1. The SMILES string of the molecule is Cc1ccc(CNc2cccc(S(C)(=O)=O)c2)nc1. The minimum Gasteiger partial charge on any atom is -0.379 e. The Hall–Kier alpha value is -1.88. The van der Waals surface area contributed by atoms with Crippen LogP contribution in [0, 0.1) is 6.92 Å². The summed E-state index contributed by atoms with van der Waals surface area (Å²) in [6.07, 6.45) is 3.01. The Balaban J connectivity index is 2.10. The van der Waals surface area contributed by atoms with Gasteiger partial charge in [-0.2, -0.15) is 0 Å². The summed E-state index contributed by atoms with van der Waals surface area (Å²) in [7, 11) is -3.17. The molecule has 0 amide bonds. The molecule has 0 unspecified atom stereocenters. The molecule has 19 heavy (non-hydrogen) atoms. The van der Waals surface area contributed by atoms with Gasteiger partial charge < -0.3 is 5.32 Å². The molecule has 1 heterocycles. The molecule has 100 valence electrons. The molecule has 0 aliphatic carbocycles. The van der Waals surface area contributed by atoms with E-state index in [1.807, 2.05) is 31.3 Å². The monoisotopic (exact) mass is 276 g/mol. The molecular formula is C14H16N2O2S. The summed E-state index contributed by atoms with van der Waals surface area (Å²) in [5.74, 6) is 0. The van der Waals surface area contributed by atoms with Crippen LogP contribution in [0.1, 0.15) is 11.3 Å². The molecule has 0 saturated carbocycles. The van der Waals surface area contributed by atoms with Crippen molar-refractivity contribution in [3.05, 3.63) is 53.9 Å². The van der Waals surface area contributed by atoms with Crippen molar-refractivity contribution in [1.29, 1.82) is 0 Å². The molecule has 0 aliphatic heterocycles. The van der Waals surface area contributed by atoms with Crippen LogP contribution in [0.4, 0.5) is 5.69 Å². The van der Waals surface area contributed by atoms with E-state index in [1.165, 1.54) is 6.26 Å². The third-order valence-electron chi connectivity index (χ3n) is 2.71. The van der Waals surface area contributed by atoms with E-state index < -0.39 is 9.84 Å². The van der Waals surface area contributed by atoms with Crippen LogP contribution in [0.25, 0.3) is 0 Å². The van der Waals surface area contributed by atoms with Crippen LogP contribution in [0.15, 0.2) is 47.5 Å². The lowest BCUT2D eigenvalue weighted by atomic mass is 10.2. The van der Waals surface area contributed by atoms with E-state index in [1.54, 1.807) is 18.2 Å². The largest absolute Gasteiger partial charge is 0.379 e. The summed E-state index contributed by atoms with van der Waals surface area (Å²) in [4.78, 5) is 4.60. The minimum atomic E-state index is -3.17. The summed E-state index contributed by atoms with van der Waals surface area (Å²) >= 11 is 0. The standard InChI is InChI=1S/C14H16N2O2S/c1-11-6-7-13(15-9-11)10-16-12-4-3-5-14(8-12)19(2,17)18/h3-9,16H,10H2,1-2H3. The van der Waals surface area contributed by atoms with Gasteiger partial charge in [-0.3, -0.25) is 4.98 Å². The van der Waals surface area contributed by atoms with Gasteiger partial charge in [0.1, 0.15) is 0 Å². The average molecular weight is 276 g/mol. The lowest BCUT2D eigenvalue weighted by Crippen LogP contribution is -2.03. The highest BCUT2D eigenvalue weighted by atomic mass is 32.2. The van der Waals surface area contributed by atoms with Gasteiger partial charge in [0.2, 0.25) is 0 Å². The second-order valence-electron chi connectivity index (χ2n) is 4.48. The zero-order chi connectivity index (χ0) is 13.9. The van der Waals surface area contributed by atoms with Crippen molar-refractivity contribution in [1.82, 2.24) is 4.98 Å². The van der Waals surface area contributed by atoms with Gasteiger partial charge in [0.05, 0.1) is 17.1 Å². The van der Waals surface area contributed by atoms with Crippen molar-refractivity contribution in [2.24, 2.45) is 0 Å². The Morgan fingerprint density at radius 2 is 2.00 bits per heavy atom. The van der Waals surface area contributed by atoms with E-state index in [0.717, 1.165) is 16.9 Å². The predicted molar refractivity (Wildman–Crippen MR) is 75.9 cm³/mol. The van der Waals surface area contributed by atoms with Crippen molar-refractivity contribution in [2.45, 2.75) is 18.4 Å². The number of benzene rings is 1. The topological polar surface area (TPSA) is 59.1 Å². The first-order valence-electron chi connectivity index (χ1n) is 5.91. The molecule has 0 bridgehead atoms. The van der Waals surface area contributed by atoms with Gasteiger partial charge in [-0.25, -0.2) is 8.42 Å². The maximum absolute atomic E-state index is 11.5. The molecule has 0 spiro atoms. The maximum atomic E-state index is 11.5. The molecule has 0 aliphatic rings. The van der Waals surface area contributed by atoms with Crippen molar-refractivity contribution in [3.63, 3.8) is 0 Å². The molecule has 0 atom stereocenters. The molecule has 0 fully saturated rings. The molecule has 0 radical (unpaired) electrons. The summed E-state index contributed by atoms with van der Waals surface area (Å²) in [5, 5.41) is 3.17. The van der Waals surface area contributed by atoms with Crippen molar-refractivity contribution >= 4 is 15.5 Å². The molecular weight excluding hydrogens is 260 g/mol. The quantitative estimate of drug-likeness (QED) is 0.931. The number of hydrogen-bond donors (Lipinski definition) is 1. The number of aryl methyl sites for hydroxylation is 1. The molecule has 2 aromatic rings. The fourth-order valence-electron chi connectivity index (χ4n) is 1.63. The van der Waals surface area contributed by atoms with Crippen molar-refractivity contribution in [3.8, 4) is 0 Å². The maximum Gasteiger partial charge on any atom is 0.175 e. The van der Waals surface area contributed by atoms with Crippen molar-refractivity contribution in [2.75, 3.05) is 11.6 Å². The summed E-state index contributed by atoms with van der Waals surface area (Å²) < 4.78 is 22.9. The van der Waals surface area contributed by atoms with E-state index in [-0.39, 0.29) is 0 Å². The van der Waals surface area contributed by atoms with Crippen LogP contribution in [0.2, 0.25) is 0 Å². The van der Waals surface area contributed by atoms with Gasteiger partial charge in [-0.15, -0.1) is 0 Å². The van der Waals surface area contributed by atoms with Crippen LogP contribution in [-0.2, 0) is 16.4 Å². The van der Waals surface area contributed by atoms with Gasteiger partial charge in [0, 0.05) is 18.1 Å². The highest BCUT2D eigenvalue weighted by molar-refractivity contribution is 7.90. The van der Waals surface area contributed by atoms with Crippen LogP contribution < -0.4 is 5.32 Å². The summed E-state index contributed by atoms with van der Waals surface area (Å²) in [6, 6.07) is 10.7. The van der Waals surface area contributed by atoms with Crippen LogP contribution in [0.5, 0.6) is 0 Å². The molecule has 4 nitrogen and oxygen atoms in total. The molecule has 0 saturated heterocycles. The highest BCUT2D eigenvalue weighted by Crippen LogP contribution is 2.15. The average Bonchev–Trinajstić information content (AvgIpc) is 2.37. The minimum absolute atomic E-state index is 0.314. The Morgan fingerprint density at radius 1 is 1.21 bits per heavy atom. The van der Waals surface area contributed by atoms with Gasteiger partial charge in [-0.1, -0.05) is 12.1 Å². The third kappa shape index (κ3) is 3.79. The van der Waals surface area contributed by atoms with Crippen LogP contribution in [-0.4, -0.2) is 19.7 Å². The number of pyridine rings is 1. The first-order chi connectivity index (χ1) is 8.95. The molecule has 1 aromatic carbocycles. The highest BCUT2D eigenvalue weighted by Gasteiger charge is 2.07. The van der Waals surface area contributed by atoms with Crippen LogP contribution >= 0.6 is 0 Å². The fraction of sp³-hybridized carbons (Fsp3) is 0.214. The van der Waals surface area contributed by atoms with Crippen molar-refractivity contribution < 1.29 is 8.42 Å². The normalized spacial score (nSPS) is 11.3. The number of hydrogen-bond acceptors (Lipinski definition) is 4. The van der Waals surface area contributed by atoms with Gasteiger partial charge in [-0.05, 0) is 36.8 Å². The predicted octanol–water partition coefficient (Wildman–Crippen LogP) is 2.41. The number of rotatable bonds is 4. The number of anilines is 1. The summed E-state index contributed by atoms with van der Waals surface area (Å²) in [6.45, 7) is 2.55.